The van der Waals surface area contributed by atoms with Gasteiger partial charge in [-0.2, -0.15) is 0 Å². The molecule has 1 N–H and O–H groups in total. The van der Waals surface area contributed by atoms with E-state index >= 15 is 0 Å². The molecule has 5 rings (SSSR count). The van der Waals surface area contributed by atoms with Gasteiger partial charge in [0.1, 0.15) is 0 Å². The van der Waals surface area contributed by atoms with Gasteiger partial charge in [0, 0.05) is 17.5 Å². The van der Waals surface area contributed by atoms with E-state index < -0.39 is 0 Å². The summed E-state index contributed by atoms with van der Waals surface area (Å²) in [6.07, 6.45) is 12.1. The minimum atomic E-state index is 0.0687. The van der Waals surface area contributed by atoms with Crippen molar-refractivity contribution in [2.45, 2.75) is 38.5 Å². The summed E-state index contributed by atoms with van der Waals surface area (Å²) < 4.78 is 0. The van der Waals surface area contributed by atoms with E-state index in [0.29, 0.717) is 5.41 Å². The Morgan fingerprint density at radius 1 is 1.24 bits per heavy atom. The Hall–Kier alpha value is -1.09. The van der Waals surface area contributed by atoms with Gasteiger partial charge in [-0.1, -0.05) is 6.07 Å². The maximum Gasteiger partial charge on any atom is 0.244 e. The summed E-state index contributed by atoms with van der Waals surface area (Å²) >= 11 is 1.66. The standard InChI is InChI=1S/C18H23NOS/c20-17(4-3-16-2-1-5-21-16)19-12-18-9-13-6-14(10-18)8-15(7-13)11-18/h1-5,13-15H,6-12H2,(H,19,20)/b4-3+. The Labute approximate surface area is 130 Å². The topological polar surface area (TPSA) is 29.1 Å². The average Bonchev–Trinajstić information content (AvgIpc) is 2.95. The Balaban J connectivity index is 1.35. The lowest BCUT2D eigenvalue weighted by atomic mass is 9.49. The molecule has 1 amide bonds. The molecule has 1 heterocycles. The van der Waals surface area contributed by atoms with Crippen LogP contribution in [0.15, 0.2) is 23.6 Å². The van der Waals surface area contributed by atoms with E-state index in [1.807, 2.05) is 23.6 Å². The van der Waals surface area contributed by atoms with Crippen molar-refractivity contribution in [2.24, 2.45) is 23.2 Å². The Morgan fingerprint density at radius 2 is 1.90 bits per heavy atom. The predicted octanol–water partition coefficient (Wildman–Crippen LogP) is 4.09. The van der Waals surface area contributed by atoms with Gasteiger partial charge < -0.3 is 5.32 Å². The fraction of sp³-hybridized carbons (Fsp3) is 0.611. The van der Waals surface area contributed by atoms with Crippen LogP contribution in [0.25, 0.3) is 6.08 Å². The first-order chi connectivity index (χ1) is 10.2. The molecule has 0 saturated heterocycles. The van der Waals surface area contributed by atoms with Crippen LogP contribution in [-0.2, 0) is 4.79 Å². The molecule has 0 spiro atoms. The molecule has 21 heavy (non-hydrogen) atoms. The predicted molar refractivity (Wildman–Crippen MR) is 87.0 cm³/mol. The molecule has 4 aliphatic carbocycles. The smallest absolute Gasteiger partial charge is 0.244 e. The van der Waals surface area contributed by atoms with Crippen molar-refractivity contribution in [1.82, 2.24) is 5.32 Å². The van der Waals surface area contributed by atoms with Crippen molar-refractivity contribution in [3.63, 3.8) is 0 Å². The van der Waals surface area contributed by atoms with Crippen LogP contribution in [0, 0.1) is 23.2 Å². The van der Waals surface area contributed by atoms with Crippen molar-refractivity contribution in [1.29, 1.82) is 0 Å². The molecule has 1 aromatic heterocycles. The zero-order valence-electron chi connectivity index (χ0n) is 12.4. The maximum absolute atomic E-state index is 12.0. The lowest BCUT2D eigenvalue weighted by molar-refractivity contribution is -0.118. The number of hydrogen-bond donors (Lipinski definition) is 1. The van der Waals surface area contributed by atoms with E-state index in [0.717, 1.165) is 29.2 Å². The van der Waals surface area contributed by atoms with Crippen molar-refractivity contribution < 1.29 is 4.79 Å². The molecule has 0 unspecified atom stereocenters. The molecule has 4 saturated carbocycles. The van der Waals surface area contributed by atoms with Gasteiger partial charge in [0.25, 0.3) is 0 Å². The monoisotopic (exact) mass is 301 g/mol. The normalized spacial score (nSPS) is 37.2. The summed E-state index contributed by atoms with van der Waals surface area (Å²) in [6.45, 7) is 0.893. The van der Waals surface area contributed by atoms with Gasteiger partial charge in [-0.15, -0.1) is 11.3 Å². The van der Waals surface area contributed by atoms with Gasteiger partial charge in [-0.3, -0.25) is 4.79 Å². The second kappa shape index (κ2) is 5.28. The molecule has 112 valence electrons. The molecule has 0 atom stereocenters. The number of hydrogen-bond acceptors (Lipinski definition) is 2. The van der Waals surface area contributed by atoms with Crippen LogP contribution in [-0.4, -0.2) is 12.5 Å². The number of carbonyl (C=O) groups is 1. The van der Waals surface area contributed by atoms with Gasteiger partial charge in [-0.05, 0) is 79.2 Å². The number of rotatable bonds is 4. The highest BCUT2D eigenvalue weighted by Gasteiger charge is 2.50. The average molecular weight is 301 g/mol. The highest BCUT2D eigenvalue weighted by atomic mass is 32.1. The first-order valence-electron chi connectivity index (χ1n) is 8.20. The molecular weight excluding hydrogens is 278 g/mol. The van der Waals surface area contributed by atoms with Crippen molar-refractivity contribution in [3.05, 3.63) is 28.5 Å². The third kappa shape index (κ3) is 2.80. The van der Waals surface area contributed by atoms with Gasteiger partial charge in [0.05, 0.1) is 0 Å². The van der Waals surface area contributed by atoms with E-state index in [2.05, 4.69) is 5.32 Å². The van der Waals surface area contributed by atoms with Crippen LogP contribution in [0.2, 0.25) is 0 Å². The summed E-state index contributed by atoms with van der Waals surface area (Å²) in [5.74, 6) is 2.93. The van der Waals surface area contributed by atoms with E-state index in [-0.39, 0.29) is 5.91 Å². The van der Waals surface area contributed by atoms with Crippen LogP contribution in [0.4, 0.5) is 0 Å². The molecule has 4 aliphatic rings. The second-order valence-corrected chi connectivity index (χ2v) is 8.46. The zero-order valence-corrected chi connectivity index (χ0v) is 13.2. The van der Waals surface area contributed by atoms with Crippen LogP contribution in [0.1, 0.15) is 43.4 Å². The van der Waals surface area contributed by atoms with Gasteiger partial charge in [-0.25, -0.2) is 0 Å². The zero-order chi connectivity index (χ0) is 14.3. The molecule has 3 heteroatoms. The summed E-state index contributed by atoms with van der Waals surface area (Å²) in [4.78, 5) is 13.2. The quantitative estimate of drug-likeness (QED) is 0.834. The molecule has 0 radical (unpaired) electrons. The fourth-order valence-electron chi connectivity index (χ4n) is 5.38. The number of thiophene rings is 1. The SMILES string of the molecule is O=C(/C=C/c1cccs1)NCC12CC3CC(CC(C3)C1)C2. The largest absolute Gasteiger partial charge is 0.352 e. The minimum absolute atomic E-state index is 0.0687. The molecule has 4 fully saturated rings. The molecule has 0 aromatic carbocycles. The summed E-state index contributed by atoms with van der Waals surface area (Å²) in [5.41, 5.74) is 0.432. The highest BCUT2D eigenvalue weighted by molar-refractivity contribution is 7.10. The third-order valence-corrected chi connectivity index (χ3v) is 6.58. The molecule has 0 aliphatic heterocycles. The molecule has 2 nitrogen and oxygen atoms in total. The van der Waals surface area contributed by atoms with Gasteiger partial charge in [0.15, 0.2) is 0 Å². The minimum Gasteiger partial charge on any atom is -0.352 e. The van der Waals surface area contributed by atoms with E-state index in [1.54, 1.807) is 17.4 Å². The number of amides is 1. The molecular formula is C18H23NOS. The van der Waals surface area contributed by atoms with Crippen molar-refractivity contribution >= 4 is 23.3 Å². The number of nitrogens with one attached hydrogen (secondary N) is 1. The van der Waals surface area contributed by atoms with E-state index in [9.17, 15) is 4.79 Å². The third-order valence-electron chi connectivity index (χ3n) is 5.74. The number of carbonyl (C=O) groups excluding carboxylic acids is 1. The first kappa shape index (κ1) is 13.6. The Morgan fingerprint density at radius 3 is 2.48 bits per heavy atom. The summed E-state index contributed by atoms with van der Waals surface area (Å²) in [6, 6.07) is 4.05. The van der Waals surface area contributed by atoms with Gasteiger partial charge >= 0.3 is 0 Å². The van der Waals surface area contributed by atoms with E-state index in [4.69, 9.17) is 0 Å². The first-order valence-corrected chi connectivity index (χ1v) is 9.08. The van der Waals surface area contributed by atoms with Crippen molar-refractivity contribution in [2.75, 3.05) is 6.54 Å². The molecule has 1 aromatic rings. The summed E-state index contributed by atoms with van der Waals surface area (Å²) in [7, 11) is 0. The molecule has 4 bridgehead atoms. The van der Waals surface area contributed by atoms with Gasteiger partial charge in [0.2, 0.25) is 5.91 Å². The van der Waals surface area contributed by atoms with Crippen LogP contribution >= 0.6 is 11.3 Å². The lowest BCUT2D eigenvalue weighted by Gasteiger charge is -2.56. The summed E-state index contributed by atoms with van der Waals surface area (Å²) in [5, 5.41) is 5.22. The van der Waals surface area contributed by atoms with Crippen LogP contribution in [0.5, 0.6) is 0 Å². The Bertz CT molecular complexity index is 510. The Kier molecular flexibility index (Phi) is 3.41. The van der Waals surface area contributed by atoms with Crippen LogP contribution < -0.4 is 5.32 Å². The highest BCUT2D eigenvalue weighted by Crippen LogP contribution is 2.59. The second-order valence-electron chi connectivity index (χ2n) is 7.48. The fourth-order valence-corrected chi connectivity index (χ4v) is 6.00. The van der Waals surface area contributed by atoms with Crippen molar-refractivity contribution in [3.8, 4) is 0 Å². The van der Waals surface area contributed by atoms with E-state index in [1.165, 1.54) is 38.5 Å². The lowest BCUT2D eigenvalue weighted by Crippen LogP contribution is -2.51. The van der Waals surface area contributed by atoms with Crippen LogP contribution in [0.3, 0.4) is 0 Å². The maximum atomic E-state index is 12.0.